The number of hydrogen-bond acceptors (Lipinski definition) is 3. The zero-order chi connectivity index (χ0) is 14.0. The molecule has 1 saturated carbocycles. The molecule has 106 valence electrons. The number of rotatable bonds is 4. The van der Waals surface area contributed by atoms with E-state index in [1.54, 1.807) is 0 Å². The highest BCUT2D eigenvalue weighted by Crippen LogP contribution is 2.24. The Labute approximate surface area is 119 Å². The SMILES string of the molecule is C[C@H](C(=O)O)n1c(Br)nn(CC2CCCCC2)c1=O. The van der Waals surface area contributed by atoms with E-state index in [0.717, 1.165) is 12.8 Å². The standard InChI is InChI=1S/C12H18BrN3O3/c1-8(10(17)18)16-11(13)14-15(12(16)19)7-9-5-3-2-4-6-9/h8-9H,2-7H2,1H3,(H,17,18)/t8-/m1/s1. The van der Waals surface area contributed by atoms with Crippen LogP contribution in [0.15, 0.2) is 9.53 Å². The van der Waals surface area contributed by atoms with E-state index in [4.69, 9.17) is 5.11 Å². The van der Waals surface area contributed by atoms with Gasteiger partial charge < -0.3 is 5.11 Å². The molecule has 0 aliphatic heterocycles. The van der Waals surface area contributed by atoms with Gasteiger partial charge in [0.1, 0.15) is 6.04 Å². The fourth-order valence-electron chi connectivity index (χ4n) is 2.56. The number of carboxylic acid groups (broad SMARTS) is 1. The van der Waals surface area contributed by atoms with Crippen LogP contribution < -0.4 is 5.69 Å². The maximum atomic E-state index is 12.2. The highest BCUT2D eigenvalue weighted by molar-refractivity contribution is 9.10. The Bertz CT molecular complexity index is 517. The van der Waals surface area contributed by atoms with E-state index in [2.05, 4.69) is 21.0 Å². The Morgan fingerprint density at radius 1 is 1.47 bits per heavy atom. The number of carboxylic acids is 1. The lowest BCUT2D eigenvalue weighted by Gasteiger charge is -2.20. The Kier molecular flexibility index (Phi) is 4.44. The maximum absolute atomic E-state index is 12.2. The van der Waals surface area contributed by atoms with Crippen molar-refractivity contribution in [3.63, 3.8) is 0 Å². The summed E-state index contributed by atoms with van der Waals surface area (Å²) >= 11 is 3.17. The largest absolute Gasteiger partial charge is 0.480 e. The van der Waals surface area contributed by atoms with Gasteiger partial charge in [-0.25, -0.2) is 14.3 Å². The first-order chi connectivity index (χ1) is 9.00. The van der Waals surface area contributed by atoms with Crippen molar-refractivity contribution in [2.75, 3.05) is 0 Å². The summed E-state index contributed by atoms with van der Waals surface area (Å²) in [5.74, 6) is -0.568. The van der Waals surface area contributed by atoms with Crippen LogP contribution in [-0.4, -0.2) is 25.4 Å². The van der Waals surface area contributed by atoms with Crippen molar-refractivity contribution < 1.29 is 9.90 Å². The molecule has 1 aromatic rings. The molecular weight excluding hydrogens is 314 g/mol. The molecule has 1 aliphatic carbocycles. The summed E-state index contributed by atoms with van der Waals surface area (Å²) in [4.78, 5) is 23.2. The van der Waals surface area contributed by atoms with Gasteiger partial charge in [0, 0.05) is 6.54 Å². The fourth-order valence-corrected chi connectivity index (χ4v) is 3.21. The van der Waals surface area contributed by atoms with Crippen molar-refractivity contribution in [2.45, 2.75) is 51.6 Å². The minimum atomic E-state index is -1.04. The molecule has 1 fully saturated rings. The summed E-state index contributed by atoms with van der Waals surface area (Å²) in [7, 11) is 0. The molecule has 0 radical (unpaired) electrons. The van der Waals surface area contributed by atoms with E-state index in [-0.39, 0.29) is 10.4 Å². The third-order valence-electron chi connectivity index (χ3n) is 3.73. The van der Waals surface area contributed by atoms with Gasteiger partial charge >= 0.3 is 11.7 Å². The van der Waals surface area contributed by atoms with E-state index in [0.29, 0.717) is 12.5 Å². The van der Waals surface area contributed by atoms with Gasteiger partial charge in [-0.2, -0.15) is 0 Å². The van der Waals surface area contributed by atoms with Crippen molar-refractivity contribution in [3.8, 4) is 0 Å². The van der Waals surface area contributed by atoms with Crippen molar-refractivity contribution in [1.82, 2.24) is 14.3 Å². The maximum Gasteiger partial charge on any atom is 0.347 e. The Hall–Kier alpha value is -1.11. The normalized spacial score (nSPS) is 18.4. The van der Waals surface area contributed by atoms with Gasteiger partial charge in [0.05, 0.1) is 0 Å². The summed E-state index contributed by atoms with van der Waals surface area (Å²) in [5, 5.41) is 13.1. The van der Waals surface area contributed by atoms with Gasteiger partial charge in [-0.15, -0.1) is 5.10 Å². The predicted octanol–water partition coefficient (Wildman–Crippen LogP) is 2.03. The topological polar surface area (TPSA) is 77.1 Å². The summed E-state index contributed by atoms with van der Waals surface area (Å²) < 4.78 is 2.84. The molecule has 2 rings (SSSR count). The minimum Gasteiger partial charge on any atom is -0.480 e. The molecule has 0 bridgehead atoms. The molecule has 6 nitrogen and oxygen atoms in total. The Balaban J connectivity index is 2.21. The number of hydrogen-bond donors (Lipinski definition) is 1. The van der Waals surface area contributed by atoms with E-state index in [1.807, 2.05) is 0 Å². The van der Waals surface area contributed by atoms with Crippen LogP contribution in [0.3, 0.4) is 0 Å². The van der Waals surface area contributed by atoms with Crippen molar-refractivity contribution in [1.29, 1.82) is 0 Å². The summed E-state index contributed by atoms with van der Waals surface area (Å²) in [6, 6.07) is -0.915. The van der Waals surface area contributed by atoms with Crippen LogP contribution in [0.4, 0.5) is 0 Å². The highest BCUT2D eigenvalue weighted by atomic mass is 79.9. The molecule has 0 saturated heterocycles. The molecule has 7 heteroatoms. The number of aliphatic carboxylic acids is 1. The molecule has 1 heterocycles. The number of aromatic nitrogens is 3. The highest BCUT2D eigenvalue weighted by Gasteiger charge is 2.23. The first kappa shape index (κ1) is 14.3. The molecule has 1 aromatic heterocycles. The zero-order valence-corrected chi connectivity index (χ0v) is 12.5. The molecule has 1 atom stereocenters. The molecule has 1 aliphatic rings. The summed E-state index contributed by atoms with van der Waals surface area (Å²) in [6.45, 7) is 2.05. The van der Waals surface area contributed by atoms with Gasteiger partial charge in [0.2, 0.25) is 4.73 Å². The van der Waals surface area contributed by atoms with Crippen molar-refractivity contribution >= 4 is 21.9 Å². The van der Waals surface area contributed by atoms with E-state index < -0.39 is 12.0 Å². The van der Waals surface area contributed by atoms with E-state index in [9.17, 15) is 9.59 Å². The molecule has 0 unspecified atom stereocenters. The third-order valence-corrected chi connectivity index (χ3v) is 4.27. The van der Waals surface area contributed by atoms with Crippen LogP contribution in [0, 0.1) is 5.92 Å². The second-order valence-corrected chi connectivity index (χ2v) is 5.83. The predicted molar refractivity (Wildman–Crippen MR) is 73.1 cm³/mol. The molecule has 0 spiro atoms. The van der Waals surface area contributed by atoms with Crippen molar-refractivity contribution in [2.24, 2.45) is 5.92 Å². The van der Waals surface area contributed by atoms with Gasteiger partial charge in [-0.3, -0.25) is 4.57 Å². The second-order valence-electron chi connectivity index (χ2n) is 5.12. The van der Waals surface area contributed by atoms with Crippen LogP contribution in [0.1, 0.15) is 45.1 Å². The van der Waals surface area contributed by atoms with Crippen LogP contribution >= 0.6 is 15.9 Å². The average molecular weight is 332 g/mol. The lowest BCUT2D eigenvalue weighted by Crippen LogP contribution is -2.32. The van der Waals surface area contributed by atoms with Gasteiger partial charge in [-0.1, -0.05) is 19.3 Å². The second kappa shape index (κ2) is 5.90. The Morgan fingerprint density at radius 3 is 2.68 bits per heavy atom. The quantitative estimate of drug-likeness (QED) is 0.915. The van der Waals surface area contributed by atoms with E-state index >= 15 is 0 Å². The fraction of sp³-hybridized carbons (Fsp3) is 0.750. The number of carbonyl (C=O) groups is 1. The zero-order valence-electron chi connectivity index (χ0n) is 10.9. The van der Waals surface area contributed by atoms with Crippen LogP contribution in [-0.2, 0) is 11.3 Å². The first-order valence-corrected chi connectivity index (χ1v) is 7.37. The average Bonchev–Trinajstić information content (AvgIpc) is 2.65. The molecule has 0 aromatic carbocycles. The molecule has 0 amide bonds. The summed E-state index contributed by atoms with van der Waals surface area (Å²) in [6.07, 6.45) is 5.90. The monoisotopic (exact) mass is 331 g/mol. The smallest absolute Gasteiger partial charge is 0.347 e. The van der Waals surface area contributed by atoms with Crippen LogP contribution in [0.25, 0.3) is 0 Å². The minimum absolute atomic E-state index is 0.281. The lowest BCUT2D eigenvalue weighted by atomic mass is 9.89. The van der Waals surface area contributed by atoms with Crippen LogP contribution in [0.5, 0.6) is 0 Å². The number of halogens is 1. The van der Waals surface area contributed by atoms with Gasteiger partial charge in [0.25, 0.3) is 0 Å². The van der Waals surface area contributed by atoms with Crippen molar-refractivity contribution in [3.05, 3.63) is 15.2 Å². The van der Waals surface area contributed by atoms with E-state index in [1.165, 1.54) is 35.4 Å². The van der Waals surface area contributed by atoms with Gasteiger partial charge in [0.15, 0.2) is 0 Å². The third kappa shape index (κ3) is 3.08. The lowest BCUT2D eigenvalue weighted by molar-refractivity contribution is -0.140. The Morgan fingerprint density at radius 2 is 2.11 bits per heavy atom. The first-order valence-electron chi connectivity index (χ1n) is 6.58. The molecule has 19 heavy (non-hydrogen) atoms. The molecule has 1 N–H and O–H groups in total. The summed E-state index contributed by atoms with van der Waals surface area (Å²) in [5.41, 5.74) is -0.354. The number of nitrogens with zero attached hydrogens (tertiary/aromatic N) is 3. The van der Waals surface area contributed by atoms with Gasteiger partial charge in [-0.05, 0) is 41.6 Å². The molecular formula is C12H18BrN3O3. The van der Waals surface area contributed by atoms with Crippen LogP contribution in [0.2, 0.25) is 0 Å².